The molecule has 11 heteroatoms. The summed E-state index contributed by atoms with van der Waals surface area (Å²) in [6.07, 6.45) is -3.20. The molecule has 216 valence electrons. The number of morpholine rings is 1. The maximum absolute atomic E-state index is 13.0. The number of piperidine rings is 1. The molecule has 0 atom stereocenters. The van der Waals surface area contributed by atoms with Crippen molar-refractivity contribution in [3.05, 3.63) is 41.7 Å². The van der Waals surface area contributed by atoms with E-state index in [1.807, 2.05) is 16.8 Å². The molecule has 2 saturated heterocycles. The first-order valence-electron chi connectivity index (χ1n) is 14.0. The van der Waals surface area contributed by atoms with Gasteiger partial charge >= 0.3 is 12.1 Å². The van der Waals surface area contributed by atoms with Crippen LogP contribution in [0.5, 0.6) is 0 Å². The van der Waals surface area contributed by atoms with Gasteiger partial charge in [0.2, 0.25) is 0 Å². The molecule has 0 N–H and O–H groups in total. The van der Waals surface area contributed by atoms with Crippen LogP contribution >= 0.6 is 0 Å². The first-order chi connectivity index (χ1) is 19.1. The first-order valence-corrected chi connectivity index (χ1v) is 14.0. The van der Waals surface area contributed by atoms with Gasteiger partial charge in [0.1, 0.15) is 0 Å². The summed E-state index contributed by atoms with van der Waals surface area (Å²) in [6.45, 7) is 8.86. The number of carbonyl (C=O) groups excluding carboxylic acids is 1. The van der Waals surface area contributed by atoms with E-state index in [4.69, 9.17) is 19.6 Å². The van der Waals surface area contributed by atoms with E-state index in [9.17, 15) is 18.0 Å². The molecule has 2 aliphatic rings. The molecule has 5 rings (SSSR count). The summed E-state index contributed by atoms with van der Waals surface area (Å²) in [4.78, 5) is 21.3. The van der Waals surface area contributed by atoms with Crippen LogP contribution < -0.4 is 4.90 Å². The minimum Gasteiger partial charge on any atom is -0.461 e. The van der Waals surface area contributed by atoms with Crippen LogP contribution in [0.4, 0.5) is 18.9 Å². The Morgan fingerprint density at radius 2 is 1.77 bits per heavy atom. The highest BCUT2D eigenvalue weighted by molar-refractivity contribution is 6.00. The number of anilines is 1. The molecule has 0 spiro atoms. The van der Waals surface area contributed by atoms with Gasteiger partial charge in [0.05, 0.1) is 43.5 Å². The predicted molar refractivity (Wildman–Crippen MR) is 147 cm³/mol. The second-order valence-electron chi connectivity index (χ2n) is 10.7. The van der Waals surface area contributed by atoms with Crippen molar-refractivity contribution in [1.82, 2.24) is 19.7 Å². The first kappa shape index (κ1) is 28.4. The zero-order valence-electron chi connectivity index (χ0n) is 23.2. The molecule has 2 aromatic heterocycles. The van der Waals surface area contributed by atoms with Crippen molar-refractivity contribution in [2.75, 3.05) is 57.4 Å². The number of carbonyl (C=O) groups is 1. The third kappa shape index (κ3) is 6.10. The highest BCUT2D eigenvalue weighted by atomic mass is 19.4. The fourth-order valence-electron chi connectivity index (χ4n) is 5.61. The molecule has 0 amide bonds. The fraction of sp³-hybridized carbons (Fsp3) is 0.552. The monoisotopic (exact) mass is 559 g/mol. The van der Waals surface area contributed by atoms with E-state index in [2.05, 4.69) is 30.9 Å². The number of rotatable bonds is 7. The van der Waals surface area contributed by atoms with Crippen LogP contribution in [-0.4, -0.2) is 84.4 Å². The van der Waals surface area contributed by atoms with Gasteiger partial charge in [-0.3, -0.25) is 4.90 Å². The molecule has 0 aliphatic carbocycles. The average Bonchev–Trinajstić information content (AvgIpc) is 3.33. The molecule has 0 unspecified atom stereocenters. The smallest absolute Gasteiger partial charge is 0.401 e. The molecule has 2 fully saturated rings. The number of alkyl halides is 3. The highest BCUT2D eigenvalue weighted by Crippen LogP contribution is 2.38. The van der Waals surface area contributed by atoms with E-state index >= 15 is 0 Å². The number of aromatic nitrogens is 3. The predicted octanol–water partition coefficient (Wildman–Crippen LogP) is 5.43. The van der Waals surface area contributed by atoms with Gasteiger partial charge in [-0.2, -0.15) is 18.3 Å². The largest absolute Gasteiger partial charge is 0.461 e. The summed E-state index contributed by atoms with van der Waals surface area (Å²) in [7, 11) is 0. The minimum atomic E-state index is -4.22. The third-order valence-corrected chi connectivity index (χ3v) is 7.58. The SMILES string of the molecule is CCOC(=O)c1cc(-c2ccc(N3CCOCC3)cc2)c2c(C(C)C)nn(C3CCN(CC(F)(F)F)CC3)c2n1. The molecular weight excluding hydrogens is 523 g/mol. The van der Waals surface area contributed by atoms with Crippen molar-refractivity contribution in [1.29, 1.82) is 0 Å². The Hall–Kier alpha value is -3.18. The molecular formula is C29H36F3N5O3. The number of likely N-dealkylation sites (tertiary alicyclic amines) is 1. The summed E-state index contributed by atoms with van der Waals surface area (Å²) in [5.41, 5.74) is 4.47. The maximum Gasteiger partial charge on any atom is 0.401 e. The lowest BCUT2D eigenvalue weighted by Gasteiger charge is -2.32. The second-order valence-corrected chi connectivity index (χ2v) is 10.7. The second kappa shape index (κ2) is 11.7. The summed E-state index contributed by atoms with van der Waals surface area (Å²) < 4.78 is 51.5. The molecule has 0 radical (unpaired) electrons. The van der Waals surface area contributed by atoms with Gasteiger partial charge < -0.3 is 14.4 Å². The van der Waals surface area contributed by atoms with E-state index < -0.39 is 18.7 Å². The maximum atomic E-state index is 13.0. The summed E-state index contributed by atoms with van der Waals surface area (Å²) in [5.74, 6) is -0.454. The van der Waals surface area contributed by atoms with Gasteiger partial charge in [-0.15, -0.1) is 0 Å². The highest BCUT2D eigenvalue weighted by Gasteiger charge is 2.34. The molecule has 40 heavy (non-hydrogen) atoms. The Bertz CT molecular complexity index is 1330. The molecule has 0 bridgehead atoms. The Balaban J connectivity index is 1.57. The Morgan fingerprint density at radius 3 is 2.38 bits per heavy atom. The number of nitrogens with zero attached hydrogens (tertiary/aromatic N) is 5. The third-order valence-electron chi connectivity index (χ3n) is 7.58. The zero-order valence-corrected chi connectivity index (χ0v) is 23.2. The molecule has 3 aromatic rings. The summed E-state index contributed by atoms with van der Waals surface area (Å²) in [5, 5.41) is 5.84. The molecule has 0 saturated carbocycles. The minimum absolute atomic E-state index is 0.0654. The molecule has 8 nitrogen and oxygen atoms in total. The van der Waals surface area contributed by atoms with Crippen molar-refractivity contribution < 1.29 is 27.4 Å². The number of hydrogen-bond donors (Lipinski definition) is 0. The number of fused-ring (bicyclic) bond motifs is 1. The van der Waals surface area contributed by atoms with Crippen molar-refractivity contribution in [2.24, 2.45) is 0 Å². The van der Waals surface area contributed by atoms with Gasteiger partial charge in [-0.1, -0.05) is 26.0 Å². The van der Waals surface area contributed by atoms with E-state index in [1.54, 1.807) is 13.0 Å². The normalized spacial score (nSPS) is 17.6. The number of ether oxygens (including phenoxy) is 2. The van der Waals surface area contributed by atoms with E-state index in [-0.39, 0.29) is 24.3 Å². The van der Waals surface area contributed by atoms with Crippen LogP contribution in [0, 0.1) is 0 Å². The van der Waals surface area contributed by atoms with Crippen LogP contribution in [0.1, 0.15) is 61.8 Å². The van der Waals surface area contributed by atoms with Crippen LogP contribution in [0.25, 0.3) is 22.2 Å². The quantitative estimate of drug-likeness (QED) is 0.357. The summed E-state index contributed by atoms with van der Waals surface area (Å²) in [6, 6.07) is 9.89. The lowest BCUT2D eigenvalue weighted by Crippen LogP contribution is -2.40. The van der Waals surface area contributed by atoms with E-state index in [0.717, 1.165) is 41.0 Å². The Labute approximate surface area is 232 Å². The van der Waals surface area contributed by atoms with Crippen molar-refractivity contribution in [3.8, 4) is 11.1 Å². The number of benzene rings is 1. The van der Waals surface area contributed by atoms with Gasteiger partial charge in [-0.25, -0.2) is 14.5 Å². The zero-order chi connectivity index (χ0) is 28.4. The van der Waals surface area contributed by atoms with Gasteiger partial charge in [0, 0.05) is 31.9 Å². The standard InChI is InChI=1S/C29H36F3N5O3/c1-4-40-28(38)24-17-23(20-5-7-21(8-6-20)36-13-15-39-16-14-36)25-26(19(2)3)34-37(27(25)33-24)22-9-11-35(12-10-22)18-29(30,31)32/h5-8,17,19,22H,4,9-16,18H2,1-3H3. The number of pyridine rings is 1. The Kier molecular flexibility index (Phi) is 8.32. The fourth-order valence-corrected chi connectivity index (χ4v) is 5.61. The summed E-state index contributed by atoms with van der Waals surface area (Å²) >= 11 is 0. The average molecular weight is 560 g/mol. The van der Waals surface area contributed by atoms with Gasteiger partial charge in [0.25, 0.3) is 0 Å². The van der Waals surface area contributed by atoms with Crippen LogP contribution in [0.2, 0.25) is 0 Å². The van der Waals surface area contributed by atoms with Crippen LogP contribution in [0.15, 0.2) is 30.3 Å². The molecule has 4 heterocycles. The molecule has 1 aromatic carbocycles. The topological polar surface area (TPSA) is 72.7 Å². The number of esters is 1. The van der Waals surface area contributed by atoms with E-state index in [0.29, 0.717) is 44.8 Å². The van der Waals surface area contributed by atoms with E-state index in [1.165, 1.54) is 4.90 Å². The van der Waals surface area contributed by atoms with Crippen molar-refractivity contribution in [3.63, 3.8) is 0 Å². The molecule has 2 aliphatic heterocycles. The van der Waals surface area contributed by atoms with Gasteiger partial charge in [-0.05, 0) is 55.0 Å². The van der Waals surface area contributed by atoms with Crippen molar-refractivity contribution >= 4 is 22.7 Å². The number of hydrogen-bond acceptors (Lipinski definition) is 7. The van der Waals surface area contributed by atoms with Gasteiger partial charge in [0.15, 0.2) is 11.3 Å². The lowest BCUT2D eigenvalue weighted by atomic mass is 9.97. The number of halogens is 3. The van der Waals surface area contributed by atoms with Crippen molar-refractivity contribution in [2.45, 2.75) is 51.7 Å². The van der Waals surface area contributed by atoms with Crippen LogP contribution in [-0.2, 0) is 9.47 Å². The Morgan fingerprint density at radius 1 is 1.10 bits per heavy atom. The lowest BCUT2D eigenvalue weighted by molar-refractivity contribution is -0.148. The van der Waals surface area contributed by atoms with Crippen LogP contribution in [0.3, 0.4) is 0 Å².